The minimum absolute atomic E-state index is 0.123. The maximum atomic E-state index is 14.3. The van der Waals surface area contributed by atoms with Crippen LogP contribution in [0.5, 0.6) is 0 Å². The number of benzene rings is 4. The van der Waals surface area contributed by atoms with Gasteiger partial charge in [0.1, 0.15) is 29.8 Å². The summed E-state index contributed by atoms with van der Waals surface area (Å²) in [5, 5.41) is 14.8. The average molecular weight is 861 g/mol. The van der Waals surface area contributed by atoms with Gasteiger partial charge in [-0.25, -0.2) is 19.6 Å². The van der Waals surface area contributed by atoms with Crippen LogP contribution in [-0.2, 0) is 14.3 Å². The molecule has 0 bridgehead atoms. The molecule has 0 radical (unpaired) electrons. The Bertz CT molecular complexity index is 2550. The molecule has 6 aromatic rings. The molecule has 9 rings (SSSR count). The van der Waals surface area contributed by atoms with Crippen molar-refractivity contribution in [3.8, 4) is 33.6 Å². The predicted molar refractivity (Wildman–Crippen MR) is 240 cm³/mol. The van der Waals surface area contributed by atoms with E-state index in [1.807, 2.05) is 78.0 Å². The van der Waals surface area contributed by atoms with Gasteiger partial charge >= 0.3 is 12.2 Å². The van der Waals surface area contributed by atoms with Crippen LogP contribution in [0.25, 0.3) is 33.6 Å². The van der Waals surface area contributed by atoms with Gasteiger partial charge in [-0.2, -0.15) is 0 Å². The molecule has 3 aliphatic rings. The molecule has 14 nitrogen and oxygen atoms in total. The molecule has 4 atom stereocenters. The Hall–Kier alpha value is -7.22. The van der Waals surface area contributed by atoms with Crippen LogP contribution in [0.1, 0.15) is 105 Å². The average Bonchev–Trinajstić information content (AvgIpc) is 4.18. The monoisotopic (exact) mass is 860 g/mol. The molecule has 1 saturated carbocycles. The van der Waals surface area contributed by atoms with Gasteiger partial charge in [-0.3, -0.25) is 9.59 Å². The van der Waals surface area contributed by atoms with Gasteiger partial charge in [-0.1, -0.05) is 116 Å². The molecule has 3 fully saturated rings. The summed E-state index contributed by atoms with van der Waals surface area (Å²) in [6, 6.07) is 32.2. The summed E-state index contributed by atoms with van der Waals surface area (Å²) in [5.74, 6) is 0.877. The number of aromatic amines is 2. The zero-order valence-corrected chi connectivity index (χ0v) is 35.5. The van der Waals surface area contributed by atoms with Crippen LogP contribution in [0.15, 0.2) is 122 Å². The lowest BCUT2D eigenvalue weighted by Crippen LogP contribution is -2.43. The Morgan fingerprint density at radius 2 is 1.16 bits per heavy atom. The number of likely N-dealkylation sites (tertiary alicyclic amines) is 2. The normalized spacial score (nSPS) is 18.6. The first-order chi connectivity index (χ1) is 31.3. The Morgan fingerprint density at radius 1 is 0.625 bits per heavy atom. The van der Waals surface area contributed by atoms with Crippen molar-refractivity contribution in [3.05, 3.63) is 144 Å². The van der Waals surface area contributed by atoms with E-state index < -0.39 is 24.3 Å². The number of nitrogens with zero attached hydrogens (tertiary/aromatic N) is 4. The fourth-order valence-electron chi connectivity index (χ4n) is 9.42. The highest BCUT2D eigenvalue weighted by atomic mass is 16.6. The van der Waals surface area contributed by atoms with E-state index in [-0.39, 0.29) is 30.0 Å². The van der Waals surface area contributed by atoms with Crippen molar-refractivity contribution in [2.24, 2.45) is 0 Å². The number of carboxylic acid groups (broad SMARTS) is 1. The fourth-order valence-corrected chi connectivity index (χ4v) is 9.42. The van der Waals surface area contributed by atoms with Crippen molar-refractivity contribution in [2.75, 3.05) is 13.1 Å². The van der Waals surface area contributed by atoms with E-state index in [0.29, 0.717) is 42.3 Å². The summed E-state index contributed by atoms with van der Waals surface area (Å²) in [7, 11) is 0. The first-order valence-electron chi connectivity index (χ1n) is 22.3. The number of amides is 4. The van der Waals surface area contributed by atoms with Crippen molar-refractivity contribution in [1.82, 2.24) is 40.4 Å². The Kier molecular flexibility index (Phi) is 12.5. The lowest BCUT2D eigenvalue weighted by Gasteiger charge is -2.29. The van der Waals surface area contributed by atoms with Crippen molar-refractivity contribution in [1.29, 1.82) is 0 Å². The molecular weight excluding hydrogens is 809 g/mol. The zero-order chi connectivity index (χ0) is 44.0. The highest BCUT2D eigenvalue weighted by Gasteiger charge is 2.39. The van der Waals surface area contributed by atoms with E-state index in [0.717, 1.165) is 85.0 Å². The molecule has 14 heteroatoms. The largest absolute Gasteiger partial charge is 0.465 e. The van der Waals surface area contributed by atoms with Gasteiger partial charge in [0.25, 0.3) is 11.8 Å². The van der Waals surface area contributed by atoms with Crippen LogP contribution in [-0.4, -0.2) is 78.0 Å². The number of hydrogen-bond donors (Lipinski definition) is 5. The predicted octanol–water partition coefficient (Wildman–Crippen LogP) is 9.27. The second kappa shape index (κ2) is 19.0. The van der Waals surface area contributed by atoms with Crippen molar-refractivity contribution >= 4 is 24.0 Å². The van der Waals surface area contributed by atoms with E-state index in [9.17, 15) is 24.3 Å². The number of nitrogens with one attached hydrogen (secondary N) is 4. The van der Waals surface area contributed by atoms with E-state index in [1.54, 1.807) is 29.2 Å². The fraction of sp³-hybridized carbons (Fsp3) is 0.320. The first kappa shape index (κ1) is 42.1. The third-order valence-electron chi connectivity index (χ3n) is 12.7. The second-order valence-electron chi connectivity index (χ2n) is 16.8. The highest BCUT2D eigenvalue weighted by Crippen LogP contribution is 2.36. The van der Waals surface area contributed by atoms with Crippen LogP contribution in [0.3, 0.4) is 0 Å². The van der Waals surface area contributed by atoms with Gasteiger partial charge in [0.05, 0.1) is 29.7 Å². The SMILES string of the molecule is O=C(O)N[C@@H](C(=O)N1CCC[C@H]1c1nc(-c2ccc(-c3ccc(-c4cnc([C@@H]5CCCN5C(=O)[C@H](NC(=O)OC5CCCCC5)c5ccccc5)[nH]4)cc3)cc2)c[nH]1)c1ccccc1. The number of aromatic nitrogens is 4. The minimum atomic E-state index is -1.26. The first-order valence-corrected chi connectivity index (χ1v) is 22.3. The summed E-state index contributed by atoms with van der Waals surface area (Å²) in [4.78, 5) is 72.8. The number of H-pyrrole nitrogens is 2. The molecule has 2 aliphatic heterocycles. The maximum Gasteiger partial charge on any atom is 0.408 e. The highest BCUT2D eigenvalue weighted by molar-refractivity contribution is 5.88. The topological polar surface area (TPSA) is 186 Å². The van der Waals surface area contributed by atoms with Crippen LogP contribution in [0, 0.1) is 0 Å². The van der Waals surface area contributed by atoms with Gasteiger partial charge in [0, 0.05) is 24.8 Å². The number of imidazole rings is 2. The second-order valence-corrected chi connectivity index (χ2v) is 16.8. The molecule has 64 heavy (non-hydrogen) atoms. The molecule has 0 spiro atoms. The van der Waals surface area contributed by atoms with Gasteiger partial charge in [-0.15, -0.1) is 0 Å². The molecule has 4 aromatic carbocycles. The summed E-state index contributed by atoms with van der Waals surface area (Å²) in [6.45, 7) is 1.06. The smallest absolute Gasteiger partial charge is 0.408 e. The van der Waals surface area contributed by atoms with E-state index in [4.69, 9.17) is 14.7 Å². The molecule has 1 aliphatic carbocycles. The third kappa shape index (κ3) is 9.26. The summed E-state index contributed by atoms with van der Waals surface area (Å²) < 4.78 is 5.76. The van der Waals surface area contributed by atoms with Crippen molar-refractivity contribution in [2.45, 2.75) is 88.1 Å². The van der Waals surface area contributed by atoms with Gasteiger partial charge in [0.15, 0.2) is 0 Å². The van der Waals surface area contributed by atoms with Gasteiger partial charge in [-0.05, 0) is 79.2 Å². The summed E-state index contributed by atoms with van der Waals surface area (Å²) in [6.07, 6.45) is 9.70. The molecular formula is C50H52N8O6. The van der Waals surface area contributed by atoms with Gasteiger partial charge < -0.3 is 40.2 Å². The Morgan fingerprint density at radius 3 is 1.73 bits per heavy atom. The number of carbonyl (C=O) groups excluding carboxylic acids is 3. The lowest BCUT2D eigenvalue weighted by molar-refractivity contribution is -0.135. The molecule has 2 saturated heterocycles. The van der Waals surface area contributed by atoms with Crippen LogP contribution in [0.2, 0.25) is 0 Å². The Labute approximate surface area is 371 Å². The summed E-state index contributed by atoms with van der Waals surface area (Å²) >= 11 is 0. The van der Waals surface area contributed by atoms with Crippen molar-refractivity contribution in [3.63, 3.8) is 0 Å². The van der Waals surface area contributed by atoms with Crippen molar-refractivity contribution < 1.29 is 29.0 Å². The van der Waals surface area contributed by atoms with E-state index >= 15 is 0 Å². The van der Waals surface area contributed by atoms with E-state index in [2.05, 4.69) is 44.9 Å². The van der Waals surface area contributed by atoms with Crippen LogP contribution < -0.4 is 10.6 Å². The molecule has 4 heterocycles. The van der Waals surface area contributed by atoms with Crippen LogP contribution >= 0.6 is 0 Å². The minimum Gasteiger partial charge on any atom is -0.465 e. The number of carbonyl (C=O) groups is 4. The summed E-state index contributed by atoms with van der Waals surface area (Å²) in [5.41, 5.74) is 6.84. The molecule has 0 unspecified atom stereocenters. The van der Waals surface area contributed by atoms with E-state index in [1.165, 1.54) is 0 Å². The quantitative estimate of drug-likeness (QED) is 0.0806. The number of ether oxygens (including phenoxy) is 1. The molecule has 5 N–H and O–H groups in total. The standard InChI is InChI=1S/C50H52N8O6/c59-47(43(55-49(61)62)36-12-4-1-5-13-36)57-28-10-18-41(57)45-51-30-39(53-45)34-24-20-32(21-25-34)33-22-26-35(27-23-33)40-31-52-46(54-40)42-19-11-29-58(42)48(60)44(37-14-6-2-7-15-37)56-50(63)64-38-16-8-3-9-17-38/h1-2,4-7,12-15,20-27,30-31,38,41-44,55H,3,8-11,16-19,28-29H2,(H,51,53)(H,52,54)(H,56,63)(H,61,62)/t41-,42-,43+,44+/m0/s1. The number of hydrogen-bond acceptors (Lipinski definition) is 7. The van der Waals surface area contributed by atoms with Gasteiger partial charge in [0.2, 0.25) is 0 Å². The third-order valence-corrected chi connectivity index (χ3v) is 12.7. The molecule has 2 aromatic heterocycles. The van der Waals surface area contributed by atoms with Crippen LogP contribution in [0.4, 0.5) is 9.59 Å². The number of rotatable bonds is 12. The molecule has 328 valence electrons. The maximum absolute atomic E-state index is 14.3. The Balaban J connectivity index is 0.847. The lowest BCUT2D eigenvalue weighted by atomic mass is 9.98. The number of alkyl carbamates (subject to hydrolysis) is 1. The zero-order valence-electron chi connectivity index (χ0n) is 35.5. The molecule has 4 amide bonds.